The van der Waals surface area contributed by atoms with Crippen LogP contribution in [-0.4, -0.2) is 41.9 Å². The van der Waals surface area contributed by atoms with Gasteiger partial charge in [0.25, 0.3) is 0 Å². The van der Waals surface area contributed by atoms with Crippen molar-refractivity contribution in [2.45, 2.75) is 18.4 Å². The first-order chi connectivity index (χ1) is 14.8. The maximum atomic E-state index is 13.1. The number of carbonyl (C=O) groups excluding carboxylic acids is 1. The van der Waals surface area contributed by atoms with Crippen molar-refractivity contribution < 1.29 is 4.79 Å². The minimum absolute atomic E-state index is 0.179. The predicted octanol–water partition coefficient (Wildman–Crippen LogP) is 4.72. The Morgan fingerprint density at radius 1 is 0.700 bits per heavy atom. The van der Waals surface area contributed by atoms with Crippen LogP contribution < -0.4 is 0 Å². The summed E-state index contributed by atoms with van der Waals surface area (Å²) in [4.78, 5) is 17.7. The summed E-state index contributed by atoms with van der Waals surface area (Å²) in [6, 6.07) is 32.2. The lowest BCUT2D eigenvalue weighted by Crippen LogP contribution is -2.50. The molecule has 3 aromatic carbocycles. The molecule has 3 aromatic rings. The Morgan fingerprint density at radius 3 is 1.73 bits per heavy atom. The number of carbonyl (C=O) groups is 1. The van der Waals surface area contributed by atoms with Crippen molar-refractivity contribution in [1.82, 2.24) is 9.80 Å². The molecule has 1 aliphatic carbocycles. The van der Waals surface area contributed by atoms with Crippen molar-refractivity contribution in [2.75, 3.05) is 26.2 Å². The molecule has 0 N–H and O–H groups in total. The highest BCUT2D eigenvalue weighted by molar-refractivity contribution is 5.83. The van der Waals surface area contributed by atoms with Gasteiger partial charge in [-0.05, 0) is 29.0 Å². The topological polar surface area (TPSA) is 23.6 Å². The Kier molecular flexibility index (Phi) is 5.37. The maximum Gasteiger partial charge on any atom is 0.226 e. The fraction of sp³-hybridized carbons (Fsp3) is 0.296. The Balaban J connectivity index is 1.26. The molecule has 30 heavy (non-hydrogen) atoms. The van der Waals surface area contributed by atoms with E-state index in [4.69, 9.17) is 0 Å². The average Bonchev–Trinajstić information content (AvgIpc) is 3.62. The third-order valence-electron chi connectivity index (χ3n) is 6.56. The van der Waals surface area contributed by atoms with Gasteiger partial charge < -0.3 is 4.90 Å². The molecule has 0 spiro atoms. The van der Waals surface area contributed by atoms with Crippen molar-refractivity contribution in [3.8, 4) is 0 Å². The van der Waals surface area contributed by atoms with Crippen LogP contribution in [0, 0.1) is 5.92 Å². The first-order valence-electron chi connectivity index (χ1n) is 11.0. The molecule has 1 amide bonds. The van der Waals surface area contributed by atoms with E-state index in [1.807, 2.05) is 6.07 Å². The van der Waals surface area contributed by atoms with Gasteiger partial charge in [-0.2, -0.15) is 0 Å². The molecule has 2 fully saturated rings. The minimum Gasteiger partial charge on any atom is -0.340 e. The van der Waals surface area contributed by atoms with Crippen LogP contribution in [0.3, 0.4) is 0 Å². The van der Waals surface area contributed by atoms with Gasteiger partial charge in [-0.3, -0.25) is 9.69 Å². The van der Waals surface area contributed by atoms with E-state index in [-0.39, 0.29) is 12.0 Å². The number of benzene rings is 3. The zero-order valence-electron chi connectivity index (χ0n) is 17.2. The summed E-state index contributed by atoms with van der Waals surface area (Å²) in [6.45, 7) is 3.44. The van der Waals surface area contributed by atoms with Crippen LogP contribution in [0.15, 0.2) is 91.0 Å². The van der Waals surface area contributed by atoms with Gasteiger partial charge in [0, 0.05) is 32.1 Å². The minimum atomic E-state index is 0.179. The first kappa shape index (κ1) is 19.1. The molecule has 0 aromatic heterocycles. The van der Waals surface area contributed by atoms with Crippen LogP contribution >= 0.6 is 0 Å². The summed E-state index contributed by atoms with van der Waals surface area (Å²) < 4.78 is 0. The van der Waals surface area contributed by atoms with Crippen LogP contribution in [0.2, 0.25) is 0 Å². The van der Waals surface area contributed by atoms with Gasteiger partial charge in [0.15, 0.2) is 0 Å². The number of nitrogens with zero attached hydrogens (tertiary/aromatic N) is 2. The molecule has 1 heterocycles. The van der Waals surface area contributed by atoms with Crippen LogP contribution in [0.25, 0.3) is 0 Å². The molecule has 3 heteroatoms. The van der Waals surface area contributed by atoms with E-state index >= 15 is 0 Å². The molecular formula is C27H28N2O. The third-order valence-corrected chi connectivity index (χ3v) is 6.56. The fourth-order valence-electron chi connectivity index (χ4n) is 4.86. The lowest BCUT2D eigenvalue weighted by molar-refractivity contribution is -0.134. The molecule has 0 bridgehead atoms. The highest BCUT2D eigenvalue weighted by atomic mass is 16.2. The van der Waals surface area contributed by atoms with Gasteiger partial charge >= 0.3 is 0 Å². The van der Waals surface area contributed by atoms with E-state index in [9.17, 15) is 4.79 Å². The van der Waals surface area contributed by atoms with E-state index in [1.165, 1.54) is 16.7 Å². The van der Waals surface area contributed by atoms with Crippen molar-refractivity contribution in [3.63, 3.8) is 0 Å². The number of piperazine rings is 1. The van der Waals surface area contributed by atoms with E-state index in [2.05, 4.69) is 94.7 Å². The maximum absolute atomic E-state index is 13.1. The zero-order chi connectivity index (χ0) is 20.3. The van der Waals surface area contributed by atoms with Gasteiger partial charge in [-0.25, -0.2) is 0 Å². The SMILES string of the molecule is O=C(C1CC1c1ccccc1)N1CCN(C(c2ccccc2)c2ccccc2)CC1. The molecule has 2 unspecified atom stereocenters. The van der Waals surface area contributed by atoms with E-state index in [0.29, 0.717) is 11.8 Å². The monoisotopic (exact) mass is 396 g/mol. The predicted molar refractivity (Wildman–Crippen MR) is 120 cm³/mol. The lowest BCUT2D eigenvalue weighted by Gasteiger charge is -2.40. The molecule has 2 atom stereocenters. The summed E-state index contributed by atoms with van der Waals surface area (Å²) in [7, 11) is 0. The Bertz CT molecular complexity index is 926. The van der Waals surface area contributed by atoms with Gasteiger partial charge in [-0.1, -0.05) is 91.0 Å². The molecule has 152 valence electrons. The Labute approximate surface area is 178 Å². The van der Waals surface area contributed by atoms with Crippen LogP contribution in [0.1, 0.15) is 35.1 Å². The van der Waals surface area contributed by atoms with Crippen LogP contribution in [0.4, 0.5) is 0 Å². The van der Waals surface area contributed by atoms with Crippen molar-refractivity contribution in [3.05, 3.63) is 108 Å². The number of hydrogen-bond donors (Lipinski definition) is 0. The number of rotatable bonds is 5. The molecule has 3 nitrogen and oxygen atoms in total. The fourth-order valence-corrected chi connectivity index (χ4v) is 4.86. The highest BCUT2D eigenvalue weighted by Crippen LogP contribution is 2.48. The van der Waals surface area contributed by atoms with E-state index in [0.717, 1.165) is 32.6 Å². The molecule has 1 saturated carbocycles. The summed E-state index contributed by atoms with van der Waals surface area (Å²) >= 11 is 0. The second-order valence-electron chi connectivity index (χ2n) is 8.44. The molecule has 0 radical (unpaired) electrons. The molecule has 5 rings (SSSR count). The summed E-state index contributed by atoms with van der Waals surface area (Å²) in [5.74, 6) is 0.940. The highest BCUT2D eigenvalue weighted by Gasteiger charge is 2.46. The molecule has 1 saturated heterocycles. The van der Waals surface area contributed by atoms with Crippen molar-refractivity contribution in [1.29, 1.82) is 0 Å². The quantitative estimate of drug-likeness (QED) is 0.623. The van der Waals surface area contributed by atoms with Crippen molar-refractivity contribution >= 4 is 5.91 Å². The second-order valence-corrected chi connectivity index (χ2v) is 8.44. The number of hydrogen-bond acceptors (Lipinski definition) is 2. The summed E-state index contributed by atoms with van der Waals surface area (Å²) in [5.41, 5.74) is 3.94. The average molecular weight is 397 g/mol. The Hall–Kier alpha value is -2.91. The molecule has 2 aliphatic rings. The van der Waals surface area contributed by atoms with E-state index < -0.39 is 0 Å². The normalized spacial score (nSPS) is 21.6. The van der Waals surface area contributed by atoms with Gasteiger partial charge in [0.2, 0.25) is 5.91 Å². The summed E-state index contributed by atoms with van der Waals surface area (Å²) in [5, 5.41) is 0. The second kappa shape index (κ2) is 8.45. The third kappa shape index (κ3) is 3.90. The molecule has 1 aliphatic heterocycles. The Morgan fingerprint density at radius 2 is 1.20 bits per heavy atom. The smallest absolute Gasteiger partial charge is 0.226 e. The van der Waals surface area contributed by atoms with E-state index in [1.54, 1.807) is 0 Å². The van der Waals surface area contributed by atoms with Crippen molar-refractivity contribution in [2.24, 2.45) is 5.92 Å². The molecular weight excluding hydrogens is 368 g/mol. The zero-order valence-corrected chi connectivity index (χ0v) is 17.2. The summed E-state index contributed by atoms with van der Waals surface area (Å²) in [6.07, 6.45) is 1.000. The van der Waals surface area contributed by atoms with Gasteiger partial charge in [-0.15, -0.1) is 0 Å². The van der Waals surface area contributed by atoms with Crippen LogP contribution in [-0.2, 0) is 4.79 Å². The standard InChI is InChI=1S/C27H28N2O/c30-27(25-20-24(25)21-10-4-1-5-11-21)29-18-16-28(17-19-29)26(22-12-6-2-7-13-22)23-14-8-3-9-15-23/h1-15,24-26H,16-20H2. The van der Waals surface area contributed by atoms with Crippen LogP contribution in [0.5, 0.6) is 0 Å². The first-order valence-corrected chi connectivity index (χ1v) is 11.0. The van der Waals surface area contributed by atoms with Gasteiger partial charge in [0.1, 0.15) is 0 Å². The number of amides is 1. The van der Waals surface area contributed by atoms with Gasteiger partial charge in [0.05, 0.1) is 6.04 Å². The lowest BCUT2D eigenvalue weighted by atomic mass is 9.96. The largest absolute Gasteiger partial charge is 0.340 e.